The van der Waals surface area contributed by atoms with Gasteiger partial charge in [-0.15, -0.1) is 0 Å². The molecular formula is C26H33F3N2O5. The molecule has 2 unspecified atom stereocenters. The fourth-order valence-electron chi connectivity index (χ4n) is 4.12. The second-order valence-electron chi connectivity index (χ2n) is 10.1. The van der Waals surface area contributed by atoms with Gasteiger partial charge in [0.05, 0.1) is 12.7 Å². The highest BCUT2D eigenvalue weighted by atomic mass is 19.4. The van der Waals surface area contributed by atoms with Gasteiger partial charge in [0.25, 0.3) is 0 Å². The number of nitrogens with one attached hydrogen (secondary N) is 1. The van der Waals surface area contributed by atoms with Gasteiger partial charge in [-0.05, 0) is 52.2 Å². The first-order chi connectivity index (χ1) is 16.5. The van der Waals surface area contributed by atoms with Crippen LogP contribution in [0.5, 0.6) is 0 Å². The van der Waals surface area contributed by atoms with E-state index in [0.29, 0.717) is 5.71 Å². The number of benzene rings is 1. The van der Waals surface area contributed by atoms with Gasteiger partial charge in [0.2, 0.25) is 5.91 Å². The Hall–Kier alpha value is -3.17. The molecule has 0 spiro atoms. The van der Waals surface area contributed by atoms with Gasteiger partial charge in [0.15, 0.2) is 0 Å². The number of halogens is 3. The Balaban J connectivity index is 2.62. The molecule has 1 aliphatic rings. The van der Waals surface area contributed by atoms with Gasteiger partial charge in [-0.25, -0.2) is 4.79 Å². The molecule has 0 saturated carbocycles. The first kappa shape index (κ1) is 29.1. The van der Waals surface area contributed by atoms with Crippen molar-refractivity contribution in [2.75, 3.05) is 7.11 Å². The highest BCUT2D eigenvalue weighted by Crippen LogP contribution is 2.41. The van der Waals surface area contributed by atoms with E-state index in [0.717, 1.165) is 19.2 Å². The minimum absolute atomic E-state index is 0.0236. The molecule has 1 amide bonds. The van der Waals surface area contributed by atoms with Crippen molar-refractivity contribution in [3.63, 3.8) is 0 Å². The van der Waals surface area contributed by atoms with Crippen LogP contribution in [0, 0.1) is 11.8 Å². The van der Waals surface area contributed by atoms with Crippen molar-refractivity contribution in [2.45, 2.75) is 72.2 Å². The summed E-state index contributed by atoms with van der Waals surface area (Å²) in [7, 11) is 1.15. The Bertz CT molecular complexity index is 1080. The summed E-state index contributed by atoms with van der Waals surface area (Å²) in [6, 6.07) is 3.42. The number of esters is 2. The molecule has 1 aromatic carbocycles. The zero-order valence-corrected chi connectivity index (χ0v) is 21.7. The van der Waals surface area contributed by atoms with Crippen LogP contribution in [0.25, 0.3) is 0 Å². The number of hydrogen-bond acceptors (Lipinski definition) is 6. The number of nitrogens with zero attached hydrogens (tertiary/aromatic N) is 1. The number of amides is 1. The molecule has 0 aliphatic carbocycles. The minimum Gasteiger partial charge on any atom is -0.468 e. The van der Waals surface area contributed by atoms with Crippen LogP contribution in [0.4, 0.5) is 13.2 Å². The van der Waals surface area contributed by atoms with Crippen molar-refractivity contribution in [3.05, 3.63) is 46.7 Å². The summed E-state index contributed by atoms with van der Waals surface area (Å²) in [6.07, 6.45) is -4.63. The maximum Gasteiger partial charge on any atom is 0.416 e. The molecule has 1 aromatic rings. The summed E-state index contributed by atoms with van der Waals surface area (Å²) in [6.45, 7) is 11.6. The lowest BCUT2D eigenvalue weighted by Crippen LogP contribution is -2.49. The lowest BCUT2D eigenvalue weighted by molar-refractivity contribution is -0.159. The molecule has 1 aliphatic heterocycles. The smallest absolute Gasteiger partial charge is 0.416 e. The summed E-state index contributed by atoms with van der Waals surface area (Å²) in [5.41, 5.74) is -1.13. The Morgan fingerprint density at radius 1 is 1.08 bits per heavy atom. The van der Waals surface area contributed by atoms with E-state index in [1.54, 1.807) is 41.5 Å². The molecule has 0 saturated heterocycles. The fraction of sp³-hybridized carbons (Fsp3) is 0.538. The van der Waals surface area contributed by atoms with Crippen LogP contribution in [0.3, 0.4) is 0 Å². The zero-order chi connectivity index (χ0) is 27.6. The number of allylic oxidation sites excluding steroid dienone is 1. The third kappa shape index (κ3) is 6.73. The van der Waals surface area contributed by atoms with Crippen LogP contribution in [-0.2, 0) is 30.0 Å². The van der Waals surface area contributed by atoms with Crippen LogP contribution in [-0.4, -0.2) is 42.3 Å². The molecule has 7 nitrogen and oxygen atoms in total. The third-order valence-corrected chi connectivity index (χ3v) is 5.72. The van der Waals surface area contributed by atoms with E-state index in [9.17, 15) is 27.6 Å². The minimum atomic E-state index is -4.63. The molecule has 0 radical (unpaired) electrons. The van der Waals surface area contributed by atoms with Gasteiger partial charge in [-0.3, -0.25) is 14.6 Å². The summed E-state index contributed by atoms with van der Waals surface area (Å²) >= 11 is 0. The number of alkyl halides is 3. The predicted octanol–water partition coefficient (Wildman–Crippen LogP) is 4.81. The molecule has 0 bridgehead atoms. The Morgan fingerprint density at radius 2 is 1.69 bits per heavy atom. The monoisotopic (exact) mass is 510 g/mol. The number of rotatable bonds is 6. The van der Waals surface area contributed by atoms with Crippen LogP contribution in [0.2, 0.25) is 0 Å². The van der Waals surface area contributed by atoms with Crippen molar-refractivity contribution in [3.8, 4) is 0 Å². The predicted molar refractivity (Wildman–Crippen MR) is 128 cm³/mol. The van der Waals surface area contributed by atoms with E-state index in [1.165, 1.54) is 19.1 Å². The maximum atomic E-state index is 13.6. The van der Waals surface area contributed by atoms with Crippen LogP contribution in [0.15, 0.2) is 40.5 Å². The number of ether oxygens (including phenoxy) is 2. The number of carbonyl (C=O) groups is 3. The Morgan fingerprint density at radius 3 is 2.19 bits per heavy atom. The number of methoxy groups -OCH3 is 1. The van der Waals surface area contributed by atoms with E-state index in [-0.39, 0.29) is 22.8 Å². The van der Waals surface area contributed by atoms with E-state index in [4.69, 9.17) is 9.47 Å². The van der Waals surface area contributed by atoms with E-state index < -0.39 is 53.1 Å². The number of carbonyl (C=O) groups excluding carboxylic acids is 3. The quantitative estimate of drug-likeness (QED) is 0.555. The molecule has 10 heteroatoms. The van der Waals surface area contributed by atoms with Gasteiger partial charge < -0.3 is 14.8 Å². The second-order valence-corrected chi connectivity index (χ2v) is 10.1. The van der Waals surface area contributed by atoms with Crippen molar-refractivity contribution in [1.29, 1.82) is 0 Å². The van der Waals surface area contributed by atoms with Gasteiger partial charge >= 0.3 is 18.1 Å². The Labute approximate surface area is 209 Å². The topological polar surface area (TPSA) is 94.1 Å². The van der Waals surface area contributed by atoms with E-state index in [2.05, 4.69) is 10.3 Å². The molecule has 198 valence electrons. The van der Waals surface area contributed by atoms with Crippen LogP contribution < -0.4 is 5.32 Å². The average molecular weight is 511 g/mol. The van der Waals surface area contributed by atoms with Crippen LogP contribution >= 0.6 is 0 Å². The second kappa shape index (κ2) is 10.8. The lowest BCUT2D eigenvalue weighted by atomic mass is 9.75. The highest BCUT2D eigenvalue weighted by Gasteiger charge is 2.43. The summed E-state index contributed by atoms with van der Waals surface area (Å²) in [5.74, 6) is -4.75. The van der Waals surface area contributed by atoms with Gasteiger partial charge in [-0.2, -0.15) is 13.2 Å². The SMILES string of the molecule is COC(=O)C1C(C)=NC(C)=C(C(=O)N[C@H](C(=O)OC(C)(C)C)C(C)C)C1c1cccc(C(F)(F)F)c1. The molecule has 36 heavy (non-hydrogen) atoms. The van der Waals surface area contributed by atoms with Gasteiger partial charge in [0.1, 0.15) is 17.6 Å². The number of aliphatic imine (C=N–C) groups is 1. The van der Waals surface area contributed by atoms with E-state index in [1.807, 2.05) is 0 Å². The fourth-order valence-corrected chi connectivity index (χ4v) is 4.12. The summed E-state index contributed by atoms with van der Waals surface area (Å²) in [4.78, 5) is 43.5. The molecular weight excluding hydrogens is 477 g/mol. The standard InChI is InChI=1S/C26H33F3N2O5/c1-13(2)21(24(34)36-25(5,6)7)31-22(32)18-14(3)30-15(4)19(23(33)35-8)20(18)16-10-9-11-17(12-16)26(27,28)29/h9-13,19-21H,1-8H3,(H,31,32)/t19?,20?,21-/m0/s1. The van der Waals surface area contributed by atoms with Crippen molar-refractivity contribution < 1.29 is 37.0 Å². The van der Waals surface area contributed by atoms with Crippen molar-refractivity contribution in [2.24, 2.45) is 16.8 Å². The van der Waals surface area contributed by atoms with Gasteiger partial charge in [0, 0.05) is 22.9 Å². The largest absolute Gasteiger partial charge is 0.468 e. The summed E-state index contributed by atoms with van der Waals surface area (Å²) in [5, 5.41) is 2.66. The van der Waals surface area contributed by atoms with Crippen LogP contribution in [0.1, 0.15) is 65.5 Å². The first-order valence-electron chi connectivity index (χ1n) is 11.5. The average Bonchev–Trinajstić information content (AvgIpc) is 2.74. The molecule has 0 aromatic heterocycles. The molecule has 0 fully saturated rings. The molecule has 3 atom stereocenters. The van der Waals surface area contributed by atoms with E-state index >= 15 is 0 Å². The normalized spacial score (nSPS) is 19.5. The molecule has 2 rings (SSSR count). The summed E-state index contributed by atoms with van der Waals surface area (Å²) < 4.78 is 50.8. The lowest BCUT2D eigenvalue weighted by Gasteiger charge is -2.33. The van der Waals surface area contributed by atoms with Gasteiger partial charge in [-0.1, -0.05) is 32.0 Å². The maximum absolute atomic E-state index is 13.6. The first-order valence-corrected chi connectivity index (χ1v) is 11.5. The third-order valence-electron chi connectivity index (χ3n) is 5.72. The zero-order valence-electron chi connectivity index (χ0n) is 21.7. The van der Waals surface area contributed by atoms with Crippen molar-refractivity contribution in [1.82, 2.24) is 5.32 Å². The highest BCUT2D eigenvalue weighted by molar-refractivity contribution is 6.08. The van der Waals surface area contributed by atoms with Crippen molar-refractivity contribution >= 4 is 23.6 Å². The number of hydrogen-bond donors (Lipinski definition) is 1. The molecule has 1 N–H and O–H groups in total. The molecule has 1 heterocycles. The Kier molecular flexibility index (Phi) is 8.75.